The molecule has 1 aromatic carbocycles. The van der Waals surface area contributed by atoms with Crippen molar-refractivity contribution in [2.45, 2.75) is 18.9 Å². The number of hydrogen-bond donors (Lipinski definition) is 1. The molecule has 2 rings (SSSR count). The van der Waals surface area contributed by atoms with E-state index in [4.69, 9.17) is 5.73 Å². The van der Waals surface area contributed by atoms with Gasteiger partial charge in [-0.1, -0.05) is 6.07 Å². The Hall–Kier alpha value is -1.09. The van der Waals surface area contributed by atoms with E-state index >= 15 is 0 Å². The topological polar surface area (TPSA) is 29.3 Å². The van der Waals surface area contributed by atoms with Crippen molar-refractivity contribution in [3.63, 3.8) is 0 Å². The summed E-state index contributed by atoms with van der Waals surface area (Å²) in [4.78, 5) is 2.10. The highest BCUT2D eigenvalue weighted by Crippen LogP contribution is 2.27. The van der Waals surface area contributed by atoms with Crippen molar-refractivity contribution >= 4 is 5.69 Å². The van der Waals surface area contributed by atoms with Crippen LogP contribution in [0.4, 0.5) is 10.1 Å². The summed E-state index contributed by atoms with van der Waals surface area (Å²) in [5.74, 6) is 0.498. The highest BCUT2D eigenvalue weighted by atomic mass is 19.1. The van der Waals surface area contributed by atoms with Crippen LogP contribution in [0.5, 0.6) is 0 Å². The van der Waals surface area contributed by atoms with Crippen molar-refractivity contribution < 1.29 is 4.39 Å². The quantitative estimate of drug-likeness (QED) is 0.823. The molecule has 0 aliphatic heterocycles. The molecular weight excluding hydrogens is 191 g/mol. The standard InChI is InChI=1S/C12H17FN2/c1-15(8-9-5-11(14)6-9)12-4-2-3-10(13)7-12/h2-4,7,9,11H,5-6,8,14H2,1H3. The number of halogens is 1. The molecule has 0 aromatic heterocycles. The van der Waals surface area contributed by atoms with Gasteiger partial charge in [0, 0.05) is 25.3 Å². The van der Waals surface area contributed by atoms with Gasteiger partial charge in [-0.2, -0.15) is 0 Å². The Labute approximate surface area is 89.9 Å². The summed E-state index contributed by atoms with van der Waals surface area (Å²) in [6, 6.07) is 7.10. The summed E-state index contributed by atoms with van der Waals surface area (Å²) in [6.07, 6.45) is 2.19. The first-order chi connectivity index (χ1) is 7.15. The molecule has 15 heavy (non-hydrogen) atoms. The molecular formula is C12H17FN2. The van der Waals surface area contributed by atoms with E-state index < -0.39 is 0 Å². The van der Waals surface area contributed by atoms with Crippen LogP contribution < -0.4 is 10.6 Å². The van der Waals surface area contributed by atoms with E-state index in [-0.39, 0.29) is 5.82 Å². The Balaban J connectivity index is 1.93. The predicted octanol–water partition coefficient (Wildman–Crippen LogP) is 2.00. The molecule has 0 heterocycles. The molecule has 0 saturated heterocycles. The monoisotopic (exact) mass is 208 g/mol. The van der Waals surface area contributed by atoms with Crippen LogP contribution in [-0.4, -0.2) is 19.6 Å². The molecule has 82 valence electrons. The molecule has 0 unspecified atom stereocenters. The Morgan fingerprint density at radius 3 is 2.80 bits per heavy atom. The Bertz CT molecular complexity index is 334. The van der Waals surface area contributed by atoms with Gasteiger partial charge < -0.3 is 10.6 Å². The van der Waals surface area contributed by atoms with Gasteiger partial charge in [0.15, 0.2) is 0 Å². The highest BCUT2D eigenvalue weighted by Gasteiger charge is 2.26. The molecule has 1 aliphatic carbocycles. The molecule has 1 fully saturated rings. The molecule has 1 saturated carbocycles. The number of nitrogens with two attached hydrogens (primary N) is 1. The van der Waals surface area contributed by atoms with Crippen LogP contribution in [0.3, 0.4) is 0 Å². The molecule has 0 bridgehead atoms. The molecule has 0 spiro atoms. The van der Waals surface area contributed by atoms with Crippen molar-refractivity contribution in [3.8, 4) is 0 Å². The minimum Gasteiger partial charge on any atom is -0.374 e. The SMILES string of the molecule is CN(CC1CC(N)C1)c1cccc(F)c1. The minimum atomic E-state index is -0.176. The van der Waals surface area contributed by atoms with Crippen LogP contribution >= 0.6 is 0 Å². The first kappa shape index (κ1) is 10.4. The first-order valence-corrected chi connectivity index (χ1v) is 5.37. The van der Waals surface area contributed by atoms with E-state index in [2.05, 4.69) is 4.90 Å². The maximum atomic E-state index is 13.0. The van der Waals surface area contributed by atoms with E-state index in [1.165, 1.54) is 6.07 Å². The zero-order valence-corrected chi connectivity index (χ0v) is 8.99. The molecule has 0 amide bonds. The van der Waals surface area contributed by atoms with Crippen LogP contribution in [0.2, 0.25) is 0 Å². The summed E-state index contributed by atoms with van der Waals surface area (Å²) >= 11 is 0. The summed E-state index contributed by atoms with van der Waals surface area (Å²) < 4.78 is 13.0. The normalized spacial score (nSPS) is 24.7. The zero-order valence-electron chi connectivity index (χ0n) is 8.99. The number of hydrogen-bond acceptors (Lipinski definition) is 2. The van der Waals surface area contributed by atoms with Crippen molar-refractivity contribution in [2.24, 2.45) is 11.7 Å². The lowest BCUT2D eigenvalue weighted by Gasteiger charge is -2.36. The number of anilines is 1. The van der Waals surface area contributed by atoms with Crippen LogP contribution in [0.15, 0.2) is 24.3 Å². The van der Waals surface area contributed by atoms with Gasteiger partial charge >= 0.3 is 0 Å². The number of nitrogens with zero attached hydrogens (tertiary/aromatic N) is 1. The van der Waals surface area contributed by atoms with Crippen LogP contribution in [0.25, 0.3) is 0 Å². The van der Waals surface area contributed by atoms with Gasteiger partial charge in [-0.15, -0.1) is 0 Å². The molecule has 0 radical (unpaired) electrons. The molecule has 2 nitrogen and oxygen atoms in total. The second kappa shape index (κ2) is 4.19. The van der Waals surface area contributed by atoms with Crippen molar-refractivity contribution in [1.29, 1.82) is 0 Å². The Morgan fingerprint density at radius 1 is 1.47 bits per heavy atom. The molecule has 0 atom stereocenters. The molecule has 1 aliphatic rings. The van der Waals surface area contributed by atoms with Crippen molar-refractivity contribution in [2.75, 3.05) is 18.5 Å². The van der Waals surface area contributed by atoms with Crippen LogP contribution in [0.1, 0.15) is 12.8 Å². The fraction of sp³-hybridized carbons (Fsp3) is 0.500. The Morgan fingerprint density at radius 2 is 2.20 bits per heavy atom. The predicted molar refractivity (Wildman–Crippen MR) is 60.4 cm³/mol. The average Bonchev–Trinajstić information content (AvgIpc) is 2.15. The first-order valence-electron chi connectivity index (χ1n) is 5.37. The maximum Gasteiger partial charge on any atom is 0.125 e. The zero-order chi connectivity index (χ0) is 10.8. The lowest BCUT2D eigenvalue weighted by Crippen LogP contribution is -2.41. The molecule has 1 aromatic rings. The van der Waals surface area contributed by atoms with E-state index in [1.54, 1.807) is 12.1 Å². The third-order valence-corrected chi connectivity index (χ3v) is 3.05. The highest BCUT2D eigenvalue weighted by molar-refractivity contribution is 5.45. The van der Waals surface area contributed by atoms with Crippen LogP contribution in [0, 0.1) is 11.7 Å². The average molecular weight is 208 g/mol. The third-order valence-electron chi connectivity index (χ3n) is 3.05. The fourth-order valence-corrected chi connectivity index (χ4v) is 2.14. The lowest BCUT2D eigenvalue weighted by atomic mass is 9.80. The fourth-order valence-electron chi connectivity index (χ4n) is 2.14. The summed E-state index contributed by atoms with van der Waals surface area (Å²) in [7, 11) is 2.00. The lowest BCUT2D eigenvalue weighted by molar-refractivity contribution is 0.271. The summed E-state index contributed by atoms with van der Waals surface area (Å²) in [6.45, 7) is 0.969. The summed E-state index contributed by atoms with van der Waals surface area (Å²) in [5, 5.41) is 0. The van der Waals surface area contributed by atoms with Gasteiger partial charge in [0.25, 0.3) is 0 Å². The summed E-state index contributed by atoms with van der Waals surface area (Å²) in [5.41, 5.74) is 6.67. The molecule has 3 heteroatoms. The largest absolute Gasteiger partial charge is 0.374 e. The smallest absolute Gasteiger partial charge is 0.125 e. The van der Waals surface area contributed by atoms with Crippen LogP contribution in [-0.2, 0) is 0 Å². The number of benzene rings is 1. The van der Waals surface area contributed by atoms with Gasteiger partial charge in [-0.3, -0.25) is 0 Å². The van der Waals surface area contributed by atoms with Gasteiger partial charge in [-0.25, -0.2) is 4.39 Å². The van der Waals surface area contributed by atoms with Crippen molar-refractivity contribution in [1.82, 2.24) is 0 Å². The van der Waals surface area contributed by atoms with Gasteiger partial charge in [0.05, 0.1) is 0 Å². The van der Waals surface area contributed by atoms with Gasteiger partial charge in [0.1, 0.15) is 5.82 Å². The van der Waals surface area contributed by atoms with E-state index in [9.17, 15) is 4.39 Å². The van der Waals surface area contributed by atoms with Crippen molar-refractivity contribution in [3.05, 3.63) is 30.1 Å². The third kappa shape index (κ3) is 2.48. The van der Waals surface area contributed by atoms with Gasteiger partial charge in [0.2, 0.25) is 0 Å². The van der Waals surface area contributed by atoms with E-state index in [0.29, 0.717) is 12.0 Å². The number of rotatable bonds is 3. The molecule has 2 N–H and O–H groups in total. The Kier molecular flexibility index (Phi) is 2.91. The van der Waals surface area contributed by atoms with Gasteiger partial charge in [-0.05, 0) is 37.0 Å². The maximum absolute atomic E-state index is 13.0. The van der Waals surface area contributed by atoms with E-state index in [1.807, 2.05) is 13.1 Å². The van der Waals surface area contributed by atoms with E-state index in [0.717, 1.165) is 25.1 Å². The second-order valence-electron chi connectivity index (χ2n) is 4.46. The minimum absolute atomic E-state index is 0.176. The second-order valence-corrected chi connectivity index (χ2v) is 4.46.